The van der Waals surface area contributed by atoms with E-state index in [1.165, 1.54) is 0 Å². The lowest BCUT2D eigenvalue weighted by Crippen LogP contribution is -2.43. The Morgan fingerprint density at radius 1 is 1.19 bits per heavy atom. The third-order valence-electron chi connectivity index (χ3n) is 3.22. The summed E-state index contributed by atoms with van der Waals surface area (Å²) < 4.78 is 65.3. The van der Waals surface area contributed by atoms with E-state index in [-0.39, 0.29) is 25.0 Å². The molecular formula is C12H16ClF3N2O2S. The normalized spacial score (nSPS) is 19.1. The molecule has 0 saturated carbocycles. The highest BCUT2D eigenvalue weighted by molar-refractivity contribution is 7.89. The Morgan fingerprint density at radius 3 is 2.52 bits per heavy atom. The van der Waals surface area contributed by atoms with Gasteiger partial charge in [-0.15, -0.1) is 12.4 Å². The number of hydrogen-bond acceptors (Lipinski definition) is 3. The summed E-state index contributed by atoms with van der Waals surface area (Å²) in [5.74, 6) is -4.91. The second kappa shape index (κ2) is 7.44. The summed E-state index contributed by atoms with van der Waals surface area (Å²) in [4.78, 5) is -0.882. The van der Waals surface area contributed by atoms with Crippen molar-refractivity contribution in [3.05, 3.63) is 29.6 Å². The first-order valence-electron chi connectivity index (χ1n) is 6.28. The zero-order valence-electron chi connectivity index (χ0n) is 11.0. The Kier molecular flexibility index (Phi) is 6.45. The number of halogens is 4. The van der Waals surface area contributed by atoms with Gasteiger partial charge in [0.05, 0.1) is 0 Å². The molecule has 0 amide bonds. The molecule has 4 nitrogen and oxygen atoms in total. The lowest BCUT2D eigenvalue weighted by molar-refractivity contribution is 0.397. The van der Waals surface area contributed by atoms with E-state index in [4.69, 9.17) is 0 Å². The van der Waals surface area contributed by atoms with E-state index in [0.717, 1.165) is 25.8 Å². The van der Waals surface area contributed by atoms with Crippen molar-refractivity contribution in [2.75, 3.05) is 13.1 Å². The Hall–Kier alpha value is -0.830. The molecule has 2 N–H and O–H groups in total. The molecule has 1 heterocycles. The van der Waals surface area contributed by atoms with Crippen LogP contribution >= 0.6 is 12.4 Å². The van der Waals surface area contributed by atoms with Gasteiger partial charge < -0.3 is 5.32 Å². The molecule has 2 rings (SSSR count). The van der Waals surface area contributed by atoms with Crippen LogP contribution in [0.4, 0.5) is 13.2 Å². The van der Waals surface area contributed by atoms with Crippen molar-refractivity contribution in [3.8, 4) is 0 Å². The minimum absolute atomic E-state index is 0. The fraction of sp³-hybridized carbons (Fsp3) is 0.500. The molecule has 0 spiro atoms. The van der Waals surface area contributed by atoms with Crippen LogP contribution in [-0.4, -0.2) is 27.5 Å². The SMILES string of the molecule is Cl.O=S(=O)(NCC1CCCCN1)c1ccc(F)c(F)c1F. The zero-order valence-corrected chi connectivity index (χ0v) is 12.7. The topological polar surface area (TPSA) is 58.2 Å². The molecule has 0 radical (unpaired) electrons. The van der Waals surface area contributed by atoms with Crippen molar-refractivity contribution in [1.29, 1.82) is 0 Å². The maximum absolute atomic E-state index is 13.5. The van der Waals surface area contributed by atoms with Gasteiger partial charge in [0.15, 0.2) is 17.5 Å². The quantitative estimate of drug-likeness (QED) is 0.821. The lowest BCUT2D eigenvalue weighted by Gasteiger charge is -2.23. The summed E-state index contributed by atoms with van der Waals surface area (Å²) in [6.45, 7) is 0.882. The minimum atomic E-state index is -4.20. The van der Waals surface area contributed by atoms with Crippen LogP contribution in [0, 0.1) is 17.5 Å². The van der Waals surface area contributed by atoms with Gasteiger partial charge in [0.2, 0.25) is 10.0 Å². The molecule has 1 aliphatic rings. The van der Waals surface area contributed by atoms with E-state index in [0.29, 0.717) is 12.1 Å². The third-order valence-corrected chi connectivity index (χ3v) is 4.66. The molecule has 1 atom stereocenters. The van der Waals surface area contributed by atoms with Crippen molar-refractivity contribution < 1.29 is 21.6 Å². The number of hydrogen-bond donors (Lipinski definition) is 2. The Labute approximate surface area is 127 Å². The van der Waals surface area contributed by atoms with Gasteiger partial charge in [0.25, 0.3) is 0 Å². The first-order valence-corrected chi connectivity index (χ1v) is 7.76. The number of benzene rings is 1. The number of piperidine rings is 1. The van der Waals surface area contributed by atoms with Crippen molar-refractivity contribution in [3.63, 3.8) is 0 Å². The van der Waals surface area contributed by atoms with Gasteiger partial charge in [-0.2, -0.15) is 0 Å². The van der Waals surface area contributed by atoms with Gasteiger partial charge in [0.1, 0.15) is 4.90 Å². The number of nitrogens with one attached hydrogen (secondary N) is 2. The molecule has 21 heavy (non-hydrogen) atoms. The second-order valence-corrected chi connectivity index (χ2v) is 6.41. The van der Waals surface area contributed by atoms with Gasteiger partial charge in [-0.25, -0.2) is 26.3 Å². The maximum atomic E-state index is 13.5. The summed E-state index contributed by atoms with van der Waals surface area (Å²) >= 11 is 0. The average Bonchev–Trinajstić information content (AvgIpc) is 2.44. The minimum Gasteiger partial charge on any atom is -0.313 e. The highest BCUT2D eigenvalue weighted by Gasteiger charge is 2.25. The molecule has 0 aliphatic carbocycles. The van der Waals surface area contributed by atoms with Crippen molar-refractivity contribution >= 4 is 22.4 Å². The van der Waals surface area contributed by atoms with Crippen LogP contribution < -0.4 is 10.0 Å². The summed E-state index contributed by atoms with van der Waals surface area (Å²) in [6, 6.07) is 1.27. The monoisotopic (exact) mass is 344 g/mol. The van der Waals surface area contributed by atoms with E-state index >= 15 is 0 Å². The molecular weight excluding hydrogens is 329 g/mol. The summed E-state index contributed by atoms with van der Waals surface area (Å²) in [5.41, 5.74) is 0. The molecule has 1 aliphatic heterocycles. The standard InChI is InChI=1S/C12H15F3N2O2S.ClH/c13-9-4-5-10(12(15)11(9)14)20(18,19)17-7-8-3-1-2-6-16-8;/h4-5,8,16-17H,1-3,6-7H2;1H. The lowest BCUT2D eigenvalue weighted by atomic mass is 10.1. The average molecular weight is 345 g/mol. The van der Waals surface area contributed by atoms with E-state index < -0.39 is 32.4 Å². The van der Waals surface area contributed by atoms with Crippen LogP contribution in [0.5, 0.6) is 0 Å². The van der Waals surface area contributed by atoms with Gasteiger partial charge >= 0.3 is 0 Å². The van der Waals surface area contributed by atoms with Gasteiger partial charge in [-0.05, 0) is 31.5 Å². The molecule has 1 aromatic carbocycles. The Bertz CT molecular complexity index is 592. The zero-order chi connectivity index (χ0) is 14.8. The first kappa shape index (κ1) is 18.2. The van der Waals surface area contributed by atoms with E-state index in [1.54, 1.807) is 0 Å². The highest BCUT2D eigenvalue weighted by atomic mass is 35.5. The van der Waals surface area contributed by atoms with E-state index in [2.05, 4.69) is 10.0 Å². The van der Waals surface area contributed by atoms with Crippen LogP contribution in [0.15, 0.2) is 17.0 Å². The molecule has 9 heteroatoms. The smallest absolute Gasteiger partial charge is 0.243 e. The van der Waals surface area contributed by atoms with Crippen LogP contribution in [0.2, 0.25) is 0 Å². The van der Waals surface area contributed by atoms with Crippen molar-refractivity contribution in [1.82, 2.24) is 10.0 Å². The molecule has 1 saturated heterocycles. The second-order valence-electron chi connectivity index (χ2n) is 4.67. The first-order chi connectivity index (χ1) is 9.42. The van der Waals surface area contributed by atoms with Crippen LogP contribution in [0.3, 0.4) is 0 Å². The van der Waals surface area contributed by atoms with E-state index in [9.17, 15) is 21.6 Å². The molecule has 1 unspecified atom stereocenters. The predicted octanol–water partition coefficient (Wildman–Crippen LogP) is 1.95. The van der Waals surface area contributed by atoms with Crippen LogP contribution in [0.1, 0.15) is 19.3 Å². The van der Waals surface area contributed by atoms with Gasteiger partial charge in [0, 0.05) is 12.6 Å². The van der Waals surface area contributed by atoms with Crippen LogP contribution in [-0.2, 0) is 10.0 Å². The van der Waals surface area contributed by atoms with Crippen LogP contribution in [0.25, 0.3) is 0 Å². The number of sulfonamides is 1. The molecule has 0 aromatic heterocycles. The van der Waals surface area contributed by atoms with E-state index in [1.807, 2.05) is 0 Å². The summed E-state index contributed by atoms with van der Waals surface area (Å²) in [6.07, 6.45) is 2.82. The van der Waals surface area contributed by atoms with Gasteiger partial charge in [-0.3, -0.25) is 0 Å². The van der Waals surface area contributed by atoms with Gasteiger partial charge in [-0.1, -0.05) is 6.42 Å². The highest BCUT2D eigenvalue weighted by Crippen LogP contribution is 2.19. The van der Waals surface area contributed by atoms with Crippen molar-refractivity contribution in [2.45, 2.75) is 30.2 Å². The molecule has 1 aromatic rings. The summed E-state index contributed by atoms with van der Waals surface area (Å²) in [5, 5.41) is 3.12. The molecule has 1 fully saturated rings. The largest absolute Gasteiger partial charge is 0.313 e. The molecule has 120 valence electrons. The Morgan fingerprint density at radius 2 is 1.90 bits per heavy atom. The molecule has 0 bridgehead atoms. The van der Waals surface area contributed by atoms with Crippen molar-refractivity contribution in [2.24, 2.45) is 0 Å². The number of rotatable bonds is 4. The predicted molar refractivity (Wildman–Crippen MR) is 74.4 cm³/mol. The third kappa shape index (κ3) is 4.32. The Balaban J connectivity index is 0.00000220. The fourth-order valence-electron chi connectivity index (χ4n) is 2.10. The maximum Gasteiger partial charge on any atom is 0.243 e. The fourth-order valence-corrected chi connectivity index (χ4v) is 3.25. The summed E-state index contributed by atoms with van der Waals surface area (Å²) in [7, 11) is -4.20.